The summed E-state index contributed by atoms with van der Waals surface area (Å²) in [7, 11) is 0. The van der Waals surface area contributed by atoms with Crippen molar-refractivity contribution in [1.29, 1.82) is 0 Å². The lowest BCUT2D eigenvalue weighted by molar-refractivity contribution is 1.09. The zero-order valence-corrected chi connectivity index (χ0v) is 6.77. The second-order valence-corrected chi connectivity index (χ2v) is 3.00. The largest absolute Gasteiger partial charge is 0.280 e. The molecule has 2 aromatic heterocycles. The van der Waals surface area contributed by atoms with Crippen LogP contribution >= 0.6 is 0 Å². The quantitative estimate of drug-likeness (QED) is 0.509. The molecule has 3 nitrogen and oxygen atoms in total. The van der Waals surface area contributed by atoms with Crippen molar-refractivity contribution < 1.29 is 0 Å². The highest BCUT2D eigenvalue weighted by atomic mass is 16.1. The fraction of sp³-hybridized carbons (Fsp3) is 0. The standard InChI is InChI=1S/C10H6N2O/c13-9-6-11-8-3-1-2-7-4-5-12(9)10(7)8/h1-6H. The van der Waals surface area contributed by atoms with Crippen LogP contribution in [0.2, 0.25) is 0 Å². The minimum Gasteiger partial charge on any atom is -0.280 e. The highest BCUT2D eigenvalue weighted by molar-refractivity contribution is 5.93. The van der Waals surface area contributed by atoms with E-state index < -0.39 is 0 Å². The number of hydrogen-bond acceptors (Lipinski definition) is 2. The SMILES string of the molecule is O=c1cnc2cccc3ccn1c32. The lowest BCUT2D eigenvalue weighted by Crippen LogP contribution is -2.10. The highest BCUT2D eigenvalue weighted by Crippen LogP contribution is 2.17. The van der Waals surface area contributed by atoms with Crippen LogP contribution in [0.3, 0.4) is 0 Å². The van der Waals surface area contributed by atoms with Gasteiger partial charge in [0.15, 0.2) is 0 Å². The molecule has 3 rings (SSSR count). The molecule has 0 atom stereocenters. The van der Waals surface area contributed by atoms with Gasteiger partial charge in [-0.3, -0.25) is 9.20 Å². The van der Waals surface area contributed by atoms with Gasteiger partial charge in [0.2, 0.25) is 0 Å². The third kappa shape index (κ3) is 0.731. The smallest absolute Gasteiger partial charge is 0.273 e. The first-order valence-electron chi connectivity index (χ1n) is 4.05. The molecule has 0 aliphatic rings. The summed E-state index contributed by atoms with van der Waals surface area (Å²) in [6.45, 7) is 0. The summed E-state index contributed by atoms with van der Waals surface area (Å²) in [5, 5.41) is 1.06. The van der Waals surface area contributed by atoms with E-state index in [4.69, 9.17) is 0 Å². The van der Waals surface area contributed by atoms with Gasteiger partial charge < -0.3 is 0 Å². The van der Waals surface area contributed by atoms with Gasteiger partial charge in [-0.25, -0.2) is 4.98 Å². The molecular formula is C10H6N2O. The molecule has 3 aromatic rings. The number of para-hydroxylation sites is 1. The lowest BCUT2D eigenvalue weighted by atomic mass is 10.2. The third-order valence-electron chi connectivity index (χ3n) is 2.24. The first kappa shape index (κ1) is 6.60. The molecule has 2 heterocycles. The molecule has 62 valence electrons. The van der Waals surface area contributed by atoms with Gasteiger partial charge in [-0.1, -0.05) is 12.1 Å². The lowest BCUT2D eigenvalue weighted by Gasteiger charge is -1.96. The minimum atomic E-state index is -0.0753. The van der Waals surface area contributed by atoms with E-state index in [1.54, 1.807) is 10.6 Å². The van der Waals surface area contributed by atoms with Crippen LogP contribution in [0.5, 0.6) is 0 Å². The Morgan fingerprint density at radius 3 is 3.08 bits per heavy atom. The summed E-state index contributed by atoms with van der Waals surface area (Å²) in [6.07, 6.45) is 3.13. The van der Waals surface area contributed by atoms with Gasteiger partial charge in [0, 0.05) is 11.6 Å². The number of rotatable bonds is 0. The van der Waals surface area contributed by atoms with E-state index in [1.165, 1.54) is 6.20 Å². The van der Waals surface area contributed by atoms with Crippen molar-refractivity contribution in [2.24, 2.45) is 0 Å². The van der Waals surface area contributed by atoms with Gasteiger partial charge in [0.05, 0.1) is 17.2 Å². The van der Waals surface area contributed by atoms with E-state index in [1.807, 2.05) is 24.3 Å². The normalized spacial score (nSPS) is 11.4. The fourth-order valence-corrected chi connectivity index (χ4v) is 1.65. The van der Waals surface area contributed by atoms with Gasteiger partial charge in [-0.2, -0.15) is 0 Å². The predicted molar refractivity (Wildman–Crippen MR) is 50.2 cm³/mol. The first-order chi connectivity index (χ1) is 6.36. The molecule has 1 aromatic carbocycles. The van der Waals surface area contributed by atoms with Gasteiger partial charge in [0.1, 0.15) is 0 Å². The Labute approximate surface area is 73.6 Å². The molecule has 0 aliphatic carbocycles. The third-order valence-corrected chi connectivity index (χ3v) is 2.24. The van der Waals surface area contributed by atoms with E-state index in [-0.39, 0.29) is 5.56 Å². The Bertz CT molecular complexity index is 627. The molecule has 13 heavy (non-hydrogen) atoms. The summed E-state index contributed by atoms with van der Waals surface area (Å²) in [5.74, 6) is 0. The molecule has 0 saturated heterocycles. The second-order valence-electron chi connectivity index (χ2n) is 3.00. The Hall–Kier alpha value is -1.90. The van der Waals surface area contributed by atoms with Crippen LogP contribution in [0.25, 0.3) is 16.4 Å². The number of hydrogen-bond donors (Lipinski definition) is 0. The highest BCUT2D eigenvalue weighted by Gasteiger charge is 2.04. The average Bonchev–Trinajstić information content (AvgIpc) is 2.57. The van der Waals surface area contributed by atoms with Crippen molar-refractivity contribution in [2.45, 2.75) is 0 Å². The molecule has 3 heteroatoms. The van der Waals surface area contributed by atoms with Crippen LogP contribution < -0.4 is 5.56 Å². The van der Waals surface area contributed by atoms with Gasteiger partial charge >= 0.3 is 0 Å². The summed E-state index contributed by atoms with van der Waals surface area (Å²) in [6, 6.07) is 7.74. The van der Waals surface area contributed by atoms with Crippen molar-refractivity contribution in [3.63, 3.8) is 0 Å². The Kier molecular flexibility index (Phi) is 1.05. The fourth-order valence-electron chi connectivity index (χ4n) is 1.65. The van der Waals surface area contributed by atoms with Crippen LogP contribution in [0.1, 0.15) is 0 Å². The van der Waals surface area contributed by atoms with Gasteiger partial charge in [-0.15, -0.1) is 0 Å². The van der Waals surface area contributed by atoms with Gasteiger partial charge in [0.25, 0.3) is 5.56 Å². The first-order valence-corrected chi connectivity index (χ1v) is 4.05. The summed E-state index contributed by atoms with van der Waals surface area (Å²) < 4.78 is 1.62. The predicted octanol–water partition coefficient (Wildman–Crippen LogP) is 1.29. The number of aromatic nitrogens is 2. The summed E-state index contributed by atoms with van der Waals surface area (Å²) in [5.41, 5.74) is 1.70. The number of benzene rings is 1. The molecule has 0 amide bonds. The van der Waals surface area contributed by atoms with Crippen LogP contribution in [0.4, 0.5) is 0 Å². The Morgan fingerprint density at radius 1 is 1.23 bits per heavy atom. The summed E-state index contributed by atoms with van der Waals surface area (Å²) in [4.78, 5) is 15.4. The van der Waals surface area contributed by atoms with E-state index in [0.29, 0.717) is 0 Å². The maximum atomic E-state index is 11.3. The zero-order chi connectivity index (χ0) is 8.84. The van der Waals surface area contributed by atoms with E-state index in [0.717, 1.165) is 16.4 Å². The molecule has 0 N–H and O–H groups in total. The molecule has 0 spiro atoms. The van der Waals surface area contributed by atoms with Crippen molar-refractivity contribution in [3.05, 3.63) is 47.0 Å². The monoisotopic (exact) mass is 170 g/mol. The van der Waals surface area contributed by atoms with E-state index in [2.05, 4.69) is 4.98 Å². The topological polar surface area (TPSA) is 34.4 Å². The Balaban J connectivity index is 2.81. The molecule has 0 radical (unpaired) electrons. The van der Waals surface area contributed by atoms with Crippen LogP contribution in [-0.2, 0) is 0 Å². The van der Waals surface area contributed by atoms with Crippen molar-refractivity contribution in [2.75, 3.05) is 0 Å². The maximum absolute atomic E-state index is 11.3. The average molecular weight is 170 g/mol. The van der Waals surface area contributed by atoms with Crippen molar-refractivity contribution in [1.82, 2.24) is 9.38 Å². The van der Waals surface area contributed by atoms with Crippen LogP contribution in [0, 0.1) is 0 Å². The van der Waals surface area contributed by atoms with Crippen molar-refractivity contribution in [3.8, 4) is 0 Å². The maximum Gasteiger partial charge on any atom is 0.273 e. The molecule has 0 fully saturated rings. The van der Waals surface area contributed by atoms with Crippen LogP contribution in [-0.4, -0.2) is 9.38 Å². The zero-order valence-electron chi connectivity index (χ0n) is 6.77. The molecular weight excluding hydrogens is 164 g/mol. The molecule has 0 aliphatic heterocycles. The van der Waals surface area contributed by atoms with Crippen LogP contribution in [0.15, 0.2) is 41.5 Å². The molecule has 0 unspecified atom stereocenters. The van der Waals surface area contributed by atoms with E-state index >= 15 is 0 Å². The number of nitrogens with zero attached hydrogens (tertiary/aromatic N) is 2. The van der Waals surface area contributed by atoms with Crippen molar-refractivity contribution >= 4 is 16.4 Å². The van der Waals surface area contributed by atoms with Gasteiger partial charge in [-0.05, 0) is 12.1 Å². The second kappa shape index (κ2) is 2.07. The Morgan fingerprint density at radius 2 is 2.15 bits per heavy atom. The minimum absolute atomic E-state index is 0.0753. The summed E-state index contributed by atoms with van der Waals surface area (Å²) >= 11 is 0. The molecule has 0 bridgehead atoms. The molecule has 0 saturated carbocycles. The van der Waals surface area contributed by atoms with E-state index in [9.17, 15) is 4.79 Å².